The maximum absolute atomic E-state index is 11.0. The van der Waals surface area contributed by atoms with Crippen LogP contribution in [0, 0.1) is 17.8 Å². The third kappa shape index (κ3) is 2.72. The van der Waals surface area contributed by atoms with Gasteiger partial charge in [-0.25, -0.2) is 8.42 Å². The third-order valence-corrected chi connectivity index (χ3v) is 5.02. The SMILES string of the molecule is CS(=O)(=O)CCC(N)C1C2CCCCC21. The second-order valence-corrected chi connectivity index (χ2v) is 7.53. The first kappa shape index (κ1) is 11.4. The van der Waals surface area contributed by atoms with Crippen LogP contribution in [0.4, 0.5) is 0 Å². The molecule has 3 unspecified atom stereocenters. The van der Waals surface area contributed by atoms with E-state index in [1.54, 1.807) is 0 Å². The van der Waals surface area contributed by atoms with Crippen LogP contribution in [0.1, 0.15) is 32.1 Å². The van der Waals surface area contributed by atoms with E-state index >= 15 is 0 Å². The minimum Gasteiger partial charge on any atom is -0.327 e. The summed E-state index contributed by atoms with van der Waals surface area (Å²) in [5.41, 5.74) is 6.08. The highest BCUT2D eigenvalue weighted by Gasteiger charge is 2.52. The van der Waals surface area contributed by atoms with E-state index in [9.17, 15) is 8.42 Å². The van der Waals surface area contributed by atoms with Crippen LogP contribution in [0.15, 0.2) is 0 Å². The third-order valence-electron chi connectivity index (χ3n) is 4.04. The summed E-state index contributed by atoms with van der Waals surface area (Å²) in [5, 5.41) is 0. The van der Waals surface area contributed by atoms with Crippen molar-refractivity contribution in [3.05, 3.63) is 0 Å². The first-order valence-corrected chi connectivity index (χ1v) is 7.98. The van der Waals surface area contributed by atoms with Crippen molar-refractivity contribution in [2.75, 3.05) is 12.0 Å². The van der Waals surface area contributed by atoms with Gasteiger partial charge in [0.15, 0.2) is 0 Å². The highest BCUT2D eigenvalue weighted by atomic mass is 32.2. The Hall–Kier alpha value is -0.0900. The van der Waals surface area contributed by atoms with Gasteiger partial charge in [0.25, 0.3) is 0 Å². The zero-order valence-corrected chi connectivity index (χ0v) is 10.2. The Kier molecular flexibility index (Phi) is 3.08. The lowest BCUT2D eigenvalue weighted by atomic mass is 10.0. The van der Waals surface area contributed by atoms with Crippen molar-refractivity contribution in [1.82, 2.24) is 0 Å². The molecular formula is C11H21NO2S. The molecule has 0 aromatic carbocycles. The molecule has 15 heavy (non-hydrogen) atoms. The Morgan fingerprint density at radius 3 is 2.27 bits per heavy atom. The van der Waals surface area contributed by atoms with E-state index in [1.807, 2.05) is 0 Å². The minimum atomic E-state index is -2.84. The van der Waals surface area contributed by atoms with Gasteiger partial charge < -0.3 is 5.73 Å². The lowest BCUT2D eigenvalue weighted by molar-refractivity contribution is 0.480. The average Bonchev–Trinajstić information content (AvgIpc) is 2.87. The molecule has 4 heteroatoms. The predicted octanol–water partition coefficient (Wildman–Crippen LogP) is 1.18. The molecule has 3 nitrogen and oxygen atoms in total. The van der Waals surface area contributed by atoms with Crippen molar-refractivity contribution in [3.8, 4) is 0 Å². The fourth-order valence-electron chi connectivity index (χ4n) is 3.23. The van der Waals surface area contributed by atoms with Crippen LogP contribution in [-0.4, -0.2) is 26.5 Å². The van der Waals surface area contributed by atoms with Crippen LogP contribution in [0.2, 0.25) is 0 Å². The Morgan fingerprint density at radius 2 is 1.80 bits per heavy atom. The van der Waals surface area contributed by atoms with Crippen LogP contribution in [0.25, 0.3) is 0 Å². The molecule has 0 aromatic rings. The van der Waals surface area contributed by atoms with E-state index < -0.39 is 9.84 Å². The Bertz CT molecular complexity index is 313. The van der Waals surface area contributed by atoms with E-state index in [1.165, 1.54) is 31.9 Å². The summed E-state index contributed by atoms with van der Waals surface area (Å²) in [6.07, 6.45) is 7.27. The second-order valence-electron chi connectivity index (χ2n) is 5.27. The van der Waals surface area contributed by atoms with Gasteiger partial charge in [-0.15, -0.1) is 0 Å². The van der Waals surface area contributed by atoms with Gasteiger partial charge in [0, 0.05) is 12.3 Å². The van der Waals surface area contributed by atoms with E-state index in [2.05, 4.69) is 0 Å². The highest BCUT2D eigenvalue weighted by molar-refractivity contribution is 7.90. The lowest BCUT2D eigenvalue weighted by Gasteiger charge is -2.10. The van der Waals surface area contributed by atoms with Crippen molar-refractivity contribution >= 4 is 9.84 Å². The molecular weight excluding hydrogens is 210 g/mol. The number of rotatable bonds is 4. The standard InChI is InChI=1S/C11H21NO2S/c1-15(13,14)7-6-10(12)11-8-4-2-3-5-9(8)11/h8-11H,2-7,12H2,1H3. The van der Waals surface area contributed by atoms with Gasteiger partial charge in [0.1, 0.15) is 9.84 Å². The van der Waals surface area contributed by atoms with Gasteiger partial charge in [-0.2, -0.15) is 0 Å². The number of sulfone groups is 1. The molecule has 2 rings (SSSR count). The molecule has 0 spiro atoms. The quantitative estimate of drug-likeness (QED) is 0.790. The maximum atomic E-state index is 11.0. The Morgan fingerprint density at radius 1 is 1.27 bits per heavy atom. The van der Waals surface area contributed by atoms with Gasteiger partial charge in [-0.05, 0) is 37.0 Å². The number of fused-ring (bicyclic) bond motifs is 1. The summed E-state index contributed by atoms with van der Waals surface area (Å²) < 4.78 is 22.1. The summed E-state index contributed by atoms with van der Waals surface area (Å²) in [6.45, 7) is 0. The summed E-state index contributed by atoms with van der Waals surface area (Å²) in [4.78, 5) is 0. The van der Waals surface area contributed by atoms with Crippen LogP contribution in [-0.2, 0) is 9.84 Å². The zero-order chi connectivity index (χ0) is 11.1. The lowest BCUT2D eigenvalue weighted by Crippen LogP contribution is -2.27. The van der Waals surface area contributed by atoms with Gasteiger partial charge in [0.2, 0.25) is 0 Å². The highest BCUT2D eigenvalue weighted by Crippen LogP contribution is 2.56. The fraction of sp³-hybridized carbons (Fsp3) is 1.00. The topological polar surface area (TPSA) is 60.2 Å². The van der Waals surface area contributed by atoms with Gasteiger partial charge >= 0.3 is 0 Å². The zero-order valence-electron chi connectivity index (χ0n) is 9.35. The molecule has 0 aliphatic heterocycles. The fourth-order valence-corrected chi connectivity index (χ4v) is 3.93. The van der Waals surface area contributed by atoms with Crippen molar-refractivity contribution in [2.24, 2.45) is 23.5 Å². The minimum absolute atomic E-state index is 0.118. The Labute approximate surface area is 92.3 Å². The molecule has 0 amide bonds. The summed E-state index contributed by atoms with van der Waals surface area (Å²) in [6, 6.07) is 0.118. The van der Waals surface area contributed by atoms with E-state index in [0.717, 1.165) is 11.8 Å². The number of nitrogens with two attached hydrogens (primary N) is 1. The number of hydrogen-bond acceptors (Lipinski definition) is 3. The predicted molar refractivity (Wildman–Crippen MR) is 61.2 cm³/mol. The maximum Gasteiger partial charge on any atom is 0.147 e. The second kappa shape index (κ2) is 4.06. The smallest absolute Gasteiger partial charge is 0.147 e. The van der Waals surface area contributed by atoms with Gasteiger partial charge in [-0.3, -0.25) is 0 Å². The van der Waals surface area contributed by atoms with E-state index in [-0.39, 0.29) is 11.8 Å². The molecule has 0 aromatic heterocycles. The molecule has 0 saturated heterocycles. The normalized spacial score (nSPS) is 37.1. The molecule has 0 radical (unpaired) electrons. The molecule has 2 saturated carbocycles. The first-order chi connectivity index (χ1) is 6.99. The number of hydrogen-bond donors (Lipinski definition) is 1. The summed E-state index contributed by atoms with van der Waals surface area (Å²) >= 11 is 0. The van der Waals surface area contributed by atoms with Gasteiger partial charge in [-0.1, -0.05) is 12.8 Å². The van der Waals surface area contributed by atoms with Crippen molar-refractivity contribution in [3.63, 3.8) is 0 Å². The molecule has 0 heterocycles. The van der Waals surface area contributed by atoms with Gasteiger partial charge in [0.05, 0.1) is 5.75 Å². The molecule has 3 atom stereocenters. The summed E-state index contributed by atoms with van der Waals surface area (Å²) in [7, 11) is -2.84. The van der Waals surface area contributed by atoms with Crippen LogP contribution < -0.4 is 5.73 Å². The van der Waals surface area contributed by atoms with Crippen molar-refractivity contribution in [1.29, 1.82) is 0 Å². The molecule has 88 valence electrons. The molecule has 2 aliphatic rings. The summed E-state index contributed by atoms with van der Waals surface area (Å²) in [5.74, 6) is 2.54. The first-order valence-electron chi connectivity index (χ1n) is 5.92. The molecule has 2 aliphatic carbocycles. The largest absolute Gasteiger partial charge is 0.327 e. The van der Waals surface area contributed by atoms with Crippen LogP contribution >= 0.6 is 0 Å². The molecule has 2 N–H and O–H groups in total. The van der Waals surface area contributed by atoms with Crippen molar-refractivity contribution in [2.45, 2.75) is 38.1 Å². The van der Waals surface area contributed by atoms with E-state index in [4.69, 9.17) is 5.73 Å². The van der Waals surface area contributed by atoms with E-state index in [0.29, 0.717) is 12.3 Å². The average molecular weight is 231 g/mol. The monoisotopic (exact) mass is 231 g/mol. The van der Waals surface area contributed by atoms with Crippen LogP contribution in [0.3, 0.4) is 0 Å². The van der Waals surface area contributed by atoms with Crippen molar-refractivity contribution < 1.29 is 8.42 Å². The molecule has 2 fully saturated rings. The van der Waals surface area contributed by atoms with Crippen LogP contribution in [0.5, 0.6) is 0 Å². The molecule has 0 bridgehead atoms. The Balaban J connectivity index is 1.80.